The highest BCUT2D eigenvalue weighted by atomic mass is 16.7. The van der Waals surface area contributed by atoms with Crippen LogP contribution in [0.2, 0.25) is 0 Å². The smallest absolute Gasteiger partial charge is 0.239 e. The molecule has 1 aromatic heterocycles. The number of phenolic OH excluding ortho intramolecular Hbond substituents is 4. The summed E-state index contributed by atoms with van der Waals surface area (Å²) in [7, 11) is 0. The van der Waals surface area contributed by atoms with Gasteiger partial charge in [-0.15, -0.1) is 0 Å². The Bertz CT molecular complexity index is 1240. The molecule has 4 rings (SSSR count). The first-order valence-corrected chi connectivity index (χ1v) is 9.18. The van der Waals surface area contributed by atoms with Crippen molar-refractivity contribution < 1.29 is 54.7 Å². The third-order valence-corrected chi connectivity index (χ3v) is 4.93. The lowest BCUT2D eigenvalue weighted by Crippen LogP contribution is -2.59. The van der Waals surface area contributed by atoms with Crippen LogP contribution in [0.5, 0.6) is 28.7 Å². The number of benzene rings is 2. The third-order valence-electron chi connectivity index (χ3n) is 4.93. The van der Waals surface area contributed by atoms with Crippen LogP contribution in [0.4, 0.5) is 0 Å². The molecule has 0 unspecified atom stereocenters. The van der Waals surface area contributed by atoms with Crippen molar-refractivity contribution in [2.45, 2.75) is 30.9 Å². The lowest BCUT2D eigenvalue weighted by atomic mass is 10.0. The van der Waals surface area contributed by atoms with Crippen LogP contribution in [-0.4, -0.2) is 71.7 Å². The molecule has 1 saturated heterocycles. The van der Waals surface area contributed by atoms with E-state index in [9.17, 15) is 45.6 Å². The Morgan fingerprint density at radius 3 is 2.22 bits per heavy atom. The van der Waals surface area contributed by atoms with Crippen molar-refractivity contribution in [1.82, 2.24) is 0 Å². The van der Waals surface area contributed by atoms with Gasteiger partial charge in [0.05, 0.1) is 0 Å². The average molecular weight is 450 g/mol. The minimum Gasteiger partial charge on any atom is -0.508 e. The fourth-order valence-electron chi connectivity index (χ4n) is 3.27. The number of hydrogen-bond donors (Lipinski definition) is 8. The number of hydrogen-bond acceptors (Lipinski definition) is 12. The predicted molar refractivity (Wildman–Crippen MR) is 104 cm³/mol. The summed E-state index contributed by atoms with van der Waals surface area (Å²) in [6.07, 6.45) is -9.45. The molecule has 1 aliphatic heterocycles. The van der Waals surface area contributed by atoms with Gasteiger partial charge in [0.2, 0.25) is 17.5 Å². The Kier molecular flexibility index (Phi) is 5.32. The maximum Gasteiger partial charge on any atom is 0.239 e. The summed E-state index contributed by atoms with van der Waals surface area (Å²) in [6.45, 7) is 0. The van der Waals surface area contributed by atoms with Gasteiger partial charge in [-0.1, -0.05) is 0 Å². The molecule has 8 N–H and O–H groups in total. The van der Waals surface area contributed by atoms with Gasteiger partial charge >= 0.3 is 0 Å². The standard InChI is InChI=1S/C20H18O12/c21-7-4-10(24)12-11(5-7)30-17(6-1-2-8(22)9(23)3-6)18(13(12)25)31-20-16(28)14(26)15(27)19(29)32-20/h1-5,14-16,19-24,26-29H/t14-,15-,16+,19-,20+/m0/s1. The second-order valence-electron chi connectivity index (χ2n) is 7.12. The van der Waals surface area contributed by atoms with Crippen LogP contribution in [0.25, 0.3) is 22.3 Å². The number of aliphatic hydroxyl groups is 4. The molecule has 5 atom stereocenters. The van der Waals surface area contributed by atoms with Gasteiger partial charge < -0.3 is 54.7 Å². The van der Waals surface area contributed by atoms with E-state index in [0.717, 1.165) is 24.3 Å². The SMILES string of the molecule is O=c1c(O[C@@H]2O[C@H](O)[C@@H](O)[C@H](O)[C@H]2O)c(-c2ccc(O)c(O)c2)oc2cc(O)cc(O)c12. The van der Waals surface area contributed by atoms with Crippen molar-refractivity contribution >= 4 is 11.0 Å². The molecule has 0 amide bonds. The molecular formula is C20H18O12. The molecule has 1 fully saturated rings. The van der Waals surface area contributed by atoms with Crippen molar-refractivity contribution in [2.24, 2.45) is 0 Å². The van der Waals surface area contributed by atoms with Gasteiger partial charge in [-0.25, -0.2) is 0 Å². The second kappa shape index (κ2) is 7.85. The molecule has 1 aliphatic rings. The van der Waals surface area contributed by atoms with Crippen LogP contribution in [0.1, 0.15) is 0 Å². The van der Waals surface area contributed by atoms with Crippen molar-refractivity contribution in [1.29, 1.82) is 0 Å². The summed E-state index contributed by atoms with van der Waals surface area (Å²) in [6, 6.07) is 5.29. The minimum absolute atomic E-state index is 0.00330. The van der Waals surface area contributed by atoms with E-state index in [2.05, 4.69) is 0 Å². The number of rotatable bonds is 3. The highest BCUT2D eigenvalue weighted by molar-refractivity contribution is 5.88. The van der Waals surface area contributed by atoms with Gasteiger partial charge in [0.1, 0.15) is 40.8 Å². The van der Waals surface area contributed by atoms with E-state index in [4.69, 9.17) is 13.9 Å². The zero-order chi connectivity index (χ0) is 23.3. The Hall–Kier alpha value is -3.55. The fraction of sp³-hybridized carbons (Fsp3) is 0.250. The lowest BCUT2D eigenvalue weighted by molar-refractivity contribution is -0.321. The van der Waals surface area contributed by atoms with Crippen LogP contribution in [0.15, 0.2) is 39.5 Å². The van der Waals surface area contributed by atoms with Crippen LogP contribution in [-0.2, 0) is 4.74 Å². The van der Waals surface area contributed by atoms with E-state index in [1.807, 2.05) is 0 Å². The van der Waals surface area contributed by atoms with Crippen molar-refractivity contribution in [2.75, 3.05) is 0 Å². The van der Waals surface area contributed by atoms with Gasteiger partial charge in [0.15, 0.2) is 23.5 Å². The summed E-state index contributed by atoms with van der Waals surface area (Å²) in [5.74, 6) is -3.15. The zero-order valence-corrected chi connectivity index (χ0v) is 16.0. The monoisotopic (exact) mass is 450 g/mol. The zero-order valence-electron chi connectivity index (χ0n) is 16.0. The normalized spacial score (nSPS) is 25.7. The highest BCUT2D eigenvalue weighted by Crippen LogP contribution is 2.39. The van der Waals surface area contributed by atoms with Crippen molar-refractivity contribution in [3.8, 4) is 40.1 Å². The molecule has 12 heteroatoms. The summed E-state index contributed by atoms with van der Waals surface area (Å²) < 4.78 is 16.0. The molecule has 32 heavy (non-hydrogen) atoms. The van der Waals surface area contributed by atoms with E-state index >= 15 is 0 Å². The largest absolute Gasteiger partial charge is 0.508 e. The average Bonchev–Trinajstić information content (AvgIpc) is 2.73. The lowest BCUT2D eigenvalue weighted by Gasteiger charge is -2.37. The van der Waals surface area contributed by atoms with Crippen LogP contribution < -0.4 is 10.2 Å². The molecule has 2 heterocycles. The van der Waals surface area contributed by atoms with Gasteiger partial charge in [0, 0.05) is 17.7 Å². The number of aromatic hydroxyl groups is 4. The number of fused-ring (bicyclic) bond motifs is 1. The Balaban J connectivity index is 1.92. The van der Waals surface area contributed by atoms with E-state index < -0.39 is 70.5 Å². The Morgan fingerprint density at radius 1 is 0.812 bits per heavy atom. The molecule has 3 aromatic rings. The number of phenols is 4. The topological polar surface area (TPSA) is 211 Å². The molecule has 0 aliphatic carbocycles. The summed E-state index contributed by atoms with van der Waals surface area (Å²) in [5.41, 5.74) is -1.25. The molecule has 0 radical (unpaired) electrons. The molecule has 0 saturated carbocycles. The van der Waals surface area contributed by atoms with Gasteiger partial charge in [-0.05, 0) is 18.2 Å². The molecule has 170 valence electrons. The first kappa shape index (κ1) is 21.7. The minimum atomic E-state index is -1.96. The number of aliphatic hydroxyl groups excluding tert-OH is 4. The number of ether oxygens (including phenoxy) is 2. The van der Waals surface area contributed by atoms with Crippen LogP contribution in [0.3, 0.4) is 0 Å². The Labute approximate surface area is 178 Å². The molecule has 0 bridgehead atoms. The second-order valence-corrected chi connectivity index (χ2v) is 7.12. The predicted octanol–water partition coefficient (Wildman–Crippen LogP) is -0.581. The third kappa shape index (κ3) is 3.55. The van der Waals surface area contributed by atoms with Gasteiger partial charge in [0.25, 0.3) is 0 Å². The van der Waals surface area contributed by atoms with E-state index in [-0.39, 0.29) is 16.9 Å². The molecule has 12 nitrogen and oxygen atoms in total. The summed E-state index contributed by atoms with van der Waals surface area (Å²) in [5, 5.41) is 78.3. The van der Waals surface area contributed by atoms with E-state index in [1.54, 1.807) is 0 Å². The van der Waals surface area contributed by atoms with Gasteiger partial charge in [-0.2, -0.15) is 0 Å². The maximum atomic E-state index is 13.2. The van der Waals surface area contributed by atoms with Crippen molar-refractivity contribution in [3.05, 3.63) is 40.6 Å². The van der Waals surface area contributed by atoms with Crippen molar-refractivity contribution in [3.63, 3.8) is 0 Å². The highest BCUT2D eigenvalue weighted by Gasteiger charge is 2.45. The van der Waals surface area contributed by atoms with Crippen LogP contribution >= 0.6 is 0 Å². The fourth-order valence-corrected chi connectivity index (χ4v) is 3.27. The van der Waals surface area contributed by atoms with Crippen LogP contribution in [0, 0.1) is 0 Å². The maximum absolute atomic E-state index is 13.2. The Morgan fingerprint density at radius 2 is 1.53 bits per heavy atom. The first-order valence-electron chi connectivity index (χ1n) is 9.18. The molecular weight excluding hydrogens is 432 g/mol. The molecule has 2 aromatic carbocycles. The summed E-state index contributed by atoms with van der Waals surface area (Å²) >= 11 is 0. The van der Waals surface area contributed by atoms with E-state index in [0.29, 0.717) is 0 Å². The molecule has 0 spiro atoms. The summed E-state index contributed by atoms with van der Waals surface area (Å²) in [4.78, 5) is 13.2. The van der Waals surface area contributed by atoms with Gasteiger partial charge in [-0.3, -0.25) is 4.79 Å². The first-order chi connectivity index (χ1) is 15.1. The van der Waals surface area contributed by atoms with E-state index in [1.165, 1.54) is 6.07 Å². The quantitative estimate of drug-likeness (QED) is 0.236.